The molecule has 1 fully saturated rings. The van der Waals surface area contributed by atoms with E-state index in [1.54, 1.807) is 21.0 Å². The Balaban J connectivity index is 1.96. The average molecular weight is 456 g/mol. The lowest BCUT2D eigenvalue weighted by Crippen LogP contribution is -2.57. The van der Waals surface area contributed by atoms with Crippen molar-refractivity contribution in [1.29, 1.82) is 0 Å². The second-order valence-corrected chi connectivity index (χ2v) is 8.66. The van der Waals surface area contributed by atoms with Gasteiger partial charge in [0.2, 0.25) is 0 Å². The fourth-order valence-electron chi connectivity index (χ4n) is 3.79. The van der Waals surface area contributed by atoms with E-state index < -0.39 is 11.8 Å². The van der Waals surface area contributed by atoms with Crippen LogP contribution in [0.5, 0.6) is 0 Å². The Morgan fingerprint density at radius 1 is 1.33 bits per heavy atom. The van der Waals surface area contributed by atoms with E-state index >= 15 is 0 Å². The molecule has 178 valence electrons. The van der Waals surface area contributed by atoms with Crippen molar-refractivity contribution in [3.63, 3.8) is 0 Å². The van der Waals surface area contributed by atoms with Gasteiger partial charge in [0, 0.05) is 48.7 Å². The summed E-state index contributed by atoms with van der Waals surface area (Å²) in [4.78, 5) is 24.9. The number of amides is 2. The second kappa shape index (κ2) is 10.2. The number of nitrogens with zero attached hydrogens (tertiary/aromatic N) is 3. The number of hydrogen-bond acceptors (Lipinski definition) is 5. The highest BCUT2D eigenvalue weighted by atomic mass is 16.5. The topological polar surface area (TPSA) is 109 Å². The quantitative estimate of drug-likeness (QED) is 0.412. The number of carbonyl (C=O) groups is 2. The van der Waals surface area contributed by atoms with Gasteiger partial charge in [0.25, 0.3) is 5.91 Å². The zero-order valence-corrected chi connectivity index (χ0v) is 19.7. The van der Waals surface area contributed by atoms with Gasteiger partial charge in [-0.25, -0.2) is 9.48 Å². The van der Waals surface area contributed by atoms with Crippen molar-refractivity contribution in [2.75, 3.05) is 26.0 Å². The van der Waals surface area contributed by atoms with E-state index in [9.17, 15) is 14.7 Å². The number of anilines is 1. The summed E-state index contributed by atoms with van der Waals surface area (Å²) in [6.07, 6.45) is 4.19. The molecule has 0 aliphatic carbocycles. The third kappa shape index (κ3) is 5.61. The molecule has 0 spiro atoms. The van der Waals surface area contributed by atoms with E-state index in [0.717, 1.165) is 36.1 Å². The number of carboxylic acid groups (broad SMARTS) is 1. The van der Waals surface area contributed by atoms with Gasteiger partial charge in [-0.2, -0.15) is 5.10 Å². The number of carbonyl (C=O) groups excluding carboxylic acids is 1. The highest BCUT2D eigenvalue weighted by Crippen LogP contribution is 2.31. The zero-order valence-electron chi connectivity index (χ0n) is 19.7. The summed E-state index contributed by atoms with van der Waals surface area (Å²) < 4.78 is 7.76. The van der Waals surface area contributed by atoms with Crippen LogP contribution in [-0.4, -0.2) is 58.2 Å². The highest BCUT2D eigenvalue weighted by Gasteiger charge is 2.33. The van der Waals surface area contributed by atoms with Crippen molar-refractivity contribution in [3.05, 3.63) is 48.2 Å². The van der Waals surface area contributed by atoms with E-state index in [1.807, 2.05) is 42.1 Å². The minimum absolute atomic E-state index is 0.140. The minimum Gasteiger partial charge on any atom is -0.465 e. The number of benzene rings is 1. The van der Waals surface area contributed by atoms with Crippen LogP contribution in [0.15, 0.2) is 42.6 Å². The molecule has 2 unspecified atom stereocenters. The van der Waals surface area contributed by atoms with E-state index in [4.69, 9.17) is 9.84 Å². The molecule has 0 bridgehead atoms. The maximum atomic E-state index is 11.9. The van der Waals surface area contributed by atoms with Gasteiger partial charge < -0.3 is 15.2 Å². The molecule has 1 aromatic heterocycles. The summed E-state index contributed by atoms with van der Waals surface area (Å²) >= 11 is 0. The van der Waals surface area contributed by atoms with Gasteiger partial charge in [-0.05, 0) is 52.3 Å². The molecule has 2 aromatic rings. The van der Waals surface area contributed by atoms with E-state index in [2.05, 4.69) is 17.2 Å². The number of hydrogen-bond donors (Lipinski definition) is 3. The van der Waals surface area contributed by atoms with Gasteiger partial charge in [0.1, 0.15) is 6.23 Å². The third-order valence-corrected chi connectivity index (χ3v) is 6.16. The molecule has 3 rings (SSSR count). The number of likely N-dealkylation sites (N-methyl/N-ethyl adjacent to an activating group) is 2. The lowest BCUT2D eigenvalue weighted by Gasteiger charge is -2.37. The maximum absolute atomic E-state index is 11.9. The Bertz CT molecular complexity index is 1010. The summed E-state index contributed by atoms with van der Waals surface area (Å²) in [7, 11) is 3.29. The molecule has 1 saturated heterocycles. The summed E-state index contributed by atoms with van der Waals surface area (Å²) in [6, 6.07) is 7.42. The molecule has 2 atom stereocenters. The van der Waals surface area contributed by atoms with Crippen molar-refractivity contribution in [3.8, 4) is 11.3 Å². The Morgan fingerprint density at radius 2 is 2.03 bits per heavy atom. The molecule has 3 N–H and O–H groups in total. The number of nitrogens with one attached hydrogen (secondary N) is 2. The fourth-order valence-corrected chi connectivity index (χ4v) is 3.79. The summed E-state index contributed by atoms with van der Waals surface area (Å²) in [5.74, 6) is -0.233. The Kier molecular flexibility index (Phi) is 7.55. The smallest absolute Gasteiger partial charge is 0.408 e. The SMILES string of the molecule is C=C(C)C(=O)Nc1ccc(-c2nn(C3CCCCO3)cc2CC(C)(NC)N(C)C(=O)O)cc1. The first kappa shape index (κ1) is 24.5. The minimum atomic E-state index is -1.02. The molecule has 0 radical (unpaired) electrons. The van der Waals surface area contributed by atoms with Crippen LogP contribution in [0.3, 0.4) is 0 Å². The average Bonchev–Trinajstić information content (AvgIpc) is 3.22. The first-order valence-corrected chi connectivity index (χ1v) is 11.1. The number of aromatic nitrogens is 2. The summed E-state index contributed by atoms with van der Waals surface area (Å²) in [5, 5.41) is 20.3. The summed E-state index contributed by atoms with van der Waals surface area (Å²) in [6.45, 7) is 7.85. The maximum Gasteiger partial charge on any atom is 0.408 e. The van der Waals surface area contributed by atoms with Crippen LogP contribution in [0.4, 0.5) is 10.5 Å². The lowest BCUT2D eigenvalue weighted by molar-refractivity contribution is -0.112. The fraction of sp³-hybridized carbons (Fsp3) is 0.458. The van der Waals surface area contributed by atoms with Crippen LogP contribution in [0.1, 0.15) is 44.9 Å². The van der Waals surface area contributed by atoms with Crippen molar-refractivity contribution in [2.45, 2.75) is 51.4 Å². The molecule has 1 aliphatic rings. The molecular weight excluding hydrogens is 422 g/mol. The predicted octanol–water partition coefficient (Wildman–Crippen LogP) is 3.85. The van der Waals surface area contributed by atoms with Gasteiger partial charge in [0.05, 0.1) is 11.4 Å². The van der Waals surface area contributed by atoms with Gasteiger partial charge in [-0.1, -0.05) is 18.7 Å². The third-order valence-electron chi connectivity index (χ3n) is 6.16. The second-order valence-electron chi connectivity index (χ2n) is 8.66. The molecule has 33 heavy (non-hydrogen) atoms. The Hall–Kier alpha value is -3.17. The Labute approximate surface area is 194 Å². The largest absolute Gasteiger partial charge is 0.465 e. The van der Waals surface area contributed by atoms with Gasteiger partial charge >= 0.3 is 6.09 Å². The zero-order chi connectivity index (χ0) is 24.2. The molecule has 1 aromatic carbocycles. The normalized spacial score (nSPS) is 17.8. The van der Waals surface area contributed by atoms with Crippen molar-refractivity contribution < 1.29 is 19.4 Å². The van der Waals surface area contributed by atoms with Crippen LogP contribution in [0.2, 0.25) is 0 Å². The molecule has 2 heterocycles. The molecule has 0 saturated carbocycles. The van der Waals surface area contributed by atoms with Gasteiger partial charge in [-0.15, -0.1) is 0 Å². The number of ether oxygens (including phenoxy) is 1. The van der Waals surface area contributed by atoms with Crippen LogP contribution in [0, 0.1) is 0 Å². The van der Waals surface area contributed by atoms with E-state index in [-0.39, 0.29) is 12.1 Å². The highest BCUT2D eigenvalue weighted by molar-refractivity contribution is 6.02. The van der Waals surface area contributed by atoms with Crippen LogP contribution < -0.4 is 10.6 Å². The monoisotopic (exact) mass is 455 g/mol. The van der Waals surface area contributed by atoms with Gasteiger partial charge in [0.15, 0.2) is 0 Å². The van der Waals surface area contributed by atoms with Crippen molar-refractivity contribution >= 4 is 17.7 Å². The summed E-state index contributed by atoms with van der Waals surface area (Å²) in [5.41, 5.74) is 2.77. The van der Waals surface area contributed by atoms with Crippen molar-refractivity contribution in [2.24, 2.45) is 0 Å². The molecule has 9 nitrogen and oxygen atoms in total. The predicted molar refractivity (Wildman–Crippen MR) is 127 cm³/mol. The molecule has 9 heteroatoms. The Morgan fingerprint density at radius 3 is 2.58 bits per heavy atom. The first-order valence-electron chi connectivity index (χ1n) is 11.1. The number of rotatable bonds is 8. The lowest BCUT2D eigenvalue weighted by atomic mass is 9.97. The van der Waals surface area contributed by atoms with E-state index in [0.29, 0.717) is 24.3 Å². The van der Waals surface area contributed by atoms with E-state index in [1.165, 1.54) is 4.90 Å². The standard InChI is InChI=1S/C24H33N5O4/c1-16(2)22(30)26-19-11-9-17(10-12-19)21-18(14-24(3,25-4)28(5)23(31)32)15-29(27-21)20-8-6-7-13-33-20/h9-12,15,20,25H,1,6-8,13-14H2,2-5H3,(H,26,30)(H,31,32). The van der Waals surface area contributed by atoms with Crippen LogP contribution in [-0.2, 0) is 16.0 Å². The molecule has 2 amide bonds. The van der Waals surface area contributed by atoms with Crippen molar-refractivity contribution in [1.82, 2.24) is 20.0 Å². The first-order chi connectivity index (χ1) is 15.6. The van der Waals surface area contributed by atoms with Crippen LogP contribution in [0.25, 0.3) is 11.3 Å². The molecule has 1 aliphatic heterocycles. The van der Waals surface area contributed by atoms with Gasteiger partial charge in [-0.3, -0.25) is 15.0 Å². The van der Waals surface area contributed by atoms with Crippen LogP contribution >= 0.6 is 0 Å². The molecular formula is C24H33N5O4.